The molecule has 0 unspecified atom stereocenters. The monoisotopic (exact) mass is 205 g/mol. The van der Waals surface area contributed by atoms with Crippen LogP contribution in [0.15, 0.2) is 0 Å². The summed E-state index contributed by atoms with van der Waals surface area (Å²) in [5, 5.41) is 3.03. The number of rotatable bonds is 6. The molecular weight excluding hydrogens is 186 g/mol. The van der Waals surface area contributed by atoms with Gasteiger partial charge in [-0.3, -0.25) is 4.79 Å². The van der Waals surface area contributed by atoms with Gasteiger partial charge in [-0.15, -0.1) is 11.6 Å². The van der Waals surface area contributed by atoms with Crippen LogP contribution in [0.3, 0.4) is 0 Å². The van der Waals surface area contributed by atoms with Crippen molar-refractivity contribution in [2.24, 2.45) is 0 Å². The molecule has 0 spiro atoms. The standard InChI is InChI=1S/C10H20ClNO/c1-4-10(3,5-2)12-9(13)7-6-8-11/h4-8H2,1-3H3,(H,12,13). The summed E-state index contributed by atoms with van der Waals surface area (Å²) >= 11 is 5.50. The number of halogens is 1. The lowest BCUT2D eigenvalue weighted by atomic mass is 9.95. The second kappa shape index (κ2) is 6.25. The predicted octanol–water partition coefficient (Wildman–Crippen LogP) is 2.70. The lowest BCUT2D eigenvalue weighted by Crippen LogP contribution is -2.44. The molecule has 0 rings (SSSR count). The first-order valence-electron chi connectivity index (χ1n) is 4.95. The molecule has 0 fully saturated rings. The van der Waals surface area contributed by atoms with Gasteiger partial charge in [0.25, 0.3) is 0 Å². The Labute approximate surface area is 86.0 Å². The van der Waals surface area contributed by atoms with Gasteiger partial charge in [0.1, 0.15) is 0 Å². The van der Waals surface area contributed by atoms with Gasteiger partial charge in [-0.2, -0.15) is 0 Å². The number of carbonyl (C=O) groups is 1. The molecule has 0 heterocycles. The van der Waals surface area contributed by atoms with Gasteiger partial charge in [-0.25, -0.2) is 0 Å². The zero-order valence-electron chi connectivity index (χ0n) is 8.82. The van der Waals surface area contributed by atoms with Crippen molar-refractivity contribution in [1.82, 2.24) is 5.32 Å². The summed E-state index contributed by atoms with van der Waals surface area (Å²) in [7, 11) is 0. The van der Waals surface area contributed by atoms with Crippen LogP contribution in [-0.2, 0) is 4.79 Å². The Morgan fingerprint density at radius 1 is 1.38 bits per heavy atom. The van der Waals surface area contributed by atoms with E-state index in [-0.39, 0.29) is 11.4 Å². The Morgan fingerprint density at radius 2 is 1.92 bits per heavy atom. The molecule has 2 nitrogen and oxygen atoms in total. The Bertz CT molecular complexity index is 155. The molecule has 1 N–H and O–H groups in total. The van der Waals surface area contributed by atoms with Crippen molar-refractivity contribution in [3.63, 3.8) is 0 Å². The van der Waals surface area contributed by atoms with Crippen LogP contribution in [0.2, 0.25) is 0 Å². The molecule has 1 amide bonds. The summed E-state index contributed by atoms with van der Waals surface area (Å²) in [5.74, 6) is 0.675. The molecule has 0 atom stereocenters. The van der Waals surface area contributed by atoms with Gasteiger partial charge >= 0.3 is 0 Å². The third-order valence-corrected chi connectivity index (χ3v) is 2.81. The van der Waals surface area contributed by atoms with Gasteiger partial charge in [0.15, 0.2) is 0 Å². The Kier molecular flexibility index (Phi) is 6.13. The quantitative estimate of drug-likeness (QED) is 0.664. The van der Waals surface area contributed by atoms with Crippen molar-refractivity contribution in [2.45, 2.75) is 52.0 Å². The highest BCUT2D eigenvalue weighted by atomic mass is 35.5. The van der Waals surface area contributed by atoms with Gasteiger partial charge in [0.05, 0.1) is 0 Å². The maximum absolute atomic E-state index is 11.4. The highest BCUT2D eigenvalue weighted by Gasteiger charge is 2.20. The minimum Gasteiger partial charge on any atom is -0.351 e. The molecule has 3 heteroatoms. The minimum absolute atomic E-state index is 0.0383. The van der Waals surface area contributed by atoms with Gasteiger partial charge in [-0.05, 0) is 26.2 Å². The zero-order chi connectivity index (χ0) is 10.3. The molecule has 0 aromatic carbocycles. The predicted molar refractivity (Wildman–Crippen MR) is 57.1 cm³/mol. The Morgan fingerprint density at radius 3 is 2.31 bits per heavy atom. The molecule has 78 valence electrons. The van der Waals surface area contributed by atoms with Crippen LogP contribution in [0.25, 0.3) is 0 Å². The number of amides is 1. The molecule has 0 aromatic rings. The molecule has 0 bridgehead atoms. The summed E-state index contributed by atoms with van der Waals surface area (Å²) in [5.41, 5.74) is -0.0383. The number of carbonyl (C=O) groups excluding carboxylic acids is 1. The van der Waals surface area contributed by atoms with E-state index in [4.69, 9.17) is 11.6 Å². The van der Waals surface area contributed by atoms with Crippen molar-refractivity contribution in [3.8, 4) is 0 Å². The number of hydrogen-bond acceptors (Lipinski definition) is 1. The molecule has 13 heavy (non-hydrogen) atoms. The summed E-state index contributed by atoms with van der Waals surface area (Å²) in [6, 6.07) is 0. The first kappa shape index (κ1) is 12.8. The maximum atomic E-state index is 11.4. The fraction of sp³-hybridized carbons (Fsp3) is 0.900. The van der Waals surface area contributed by atoms with E-state index in [0.29, 0.717) is 12.3 Å². The van der Waals surface area contributed by atoms with E-state index >= 15 is 0 Å². The van der Waals surface area contributed by atoms with Crippen LogP contribution in [0, 0.1) is 0 Å². The van der Waals surface area contributed by atoms with Crippen LogP contribution >= 0.6 is 11.6 Å². The SMILES string of the molecule is CCC(C)(CC)NC(=O)CCCCl. The molecule has 0 saturated heterocycles. The Hall–Kier alpha value is -0.240. The second-order valence-electron chi connectivity index (χ2n) is 3.61. The van der Waals surface area contributed by atoms with Crippen LogP contribution in [0.1, 0.15) is 46.5 Å². The van der Waals surface area contributed by atoms with Crippen LogP contribution in [0.4, 0.5) is 0 Å². The molecule has 0 aromatic heterocycles. The number of nitrogens with one attached hydrogen (secondary N) is 1. The van der Waals surface area contributed by atoms with E-state index in [0.717, 1.165) is 19.3 Å². The third-order valence-electron chi connectivity index (χ3n) is 2.54. The van der Waals surface area contributed by atoms with E-state index in [2.05, 4.69) is 26.1 Å². The summed E-state index contributed by atoms with van der Waals surface area (Å²) in [6.07, 6.45) is 3.24. The summed E-state index contributed by atoms with van der Waals surface area (Å²) < 4.78 is 0. The van der Waals surface area contributed by atoms with Crippen molar-refractivity contribution >= 4 is 17.5 Å². The van der Waals surface area contributed by atoms with Crippen molar-refractivity contribution in [1.29, 1.82) is 0 Å². The third kappa shape index (κ3) is 5.14. The zero-order valence-corrected chi connectivity index (χ0v) is 9.58. The van der Waals surface area contributed by atoms with Crippen molar-refractivity contribution < 1.29 is 4.79 Å². The first-order valence-corrected chi connectivity index (χ1v) is 5.48. The second-order valence-corrected chi connectivity index (χ2v) is 3.99. The number of hydrogen-bond donors (Lipinski definition) is 1. The lowest BCUT2D eigenvalue weighted by molar-refractivity contribution is -0.123. The molecule has 0 saturated carbocycles. The smallest absolute Gasteiger partial charge is 0.220 e. The van der Waals surface area contributed by atoms with Crippen LogP contribution in [0.5, 0.6) is 0 Å². The molecule has 0 aliphatic carbocycles. The molecule has 0 aliphatic heterocycles. The van der Waals surface area contributed by atoms with Gasteiger partial charge in [0, 0.05) is 17.8 Å². The molecule has 0 radical (unpaired) electrons. The highest BCUT2D eigenvalue weighted by molar-refractivity contribution is 6.17. The lowest BCUT2D eigenvalue weighted by Gasteiger charge is -2.28. The van der Waals surface area contributed by atoms with Gasteiger partial charge < -0.3 is 5.32 Å². The fourth-order valence-electron chi connectivity index (χ4n) is 1.05. The normalized spacial score (nSPS) is 11.4. The van der Waals surface area contributed by atoms with E-state index in [1.807, 2.05) is 0 Å². The van der Waals surface area contributed by atoms with Crippen LogP contribution < -0.4 is 5.32 Å². The van der Waals surface area contributed by atoms with E-state index in [1.54, 1.807) is 0 Å². The summed E-state index contributed by atoms with van der Waals surface area (Å²) in [4.78, 5) is 11.4. The molecule has 0 aliphatic rings. The fourth-order valence-corrected chi connectivity index (χ4v) is 1.19. The topological polar surface area (TPSA) is 29.1 Å². The van der Waals surface area contributed by atoms with Crippen molar-refractivity contribution in [3.05, 3.63) is 0 Å². The van der Waals surface area contributed by atoms with Crippen molar-refractivity contribution in [2.75, 3.05) is 5.88 Å². The average molecular weight is 206 g/mol. The van der Waals surface area contributed by atoms with E-state index in [1.165, 1.54) is 0 Å². The highest BCUT2D eigenvalue weighted by Crippen LogP contribution is 2.13. The average Bonchev–Trinajstić information content (AvgIpc) is 2.14. The van der Waals surface area contributed by atoms with Crippen LogP contribution in [-0.4, -0.2) is 17.3 Å². The summed E-state index contributed by atoms with van der Waals surface area (Å²) in [6.45, 7) is 6.25. The number of alkyl halides is 1. The first-order chi connectivity index (χ1) is 6.08. The van der Waals surface area contributed by atoms with Gasteiger partial charge in [0.2, 0.25) is 5.91 Å². The minimum atomic E-state index is -0.0383. The Balaban J connectivity index is 3.87. The van der Waals surface area contributed by atoms with Gasteiger partial charge in [-0.1, -0.05) is 13.8 Å². The van der Waals surface area contributed by atoms with E-state index < -0.39 is 0 Å². The van der Waals surface area contributed by atoms with E-state index in [9.17, 15) is 4.79 Å². The maximum Gasteiger partial charge on any atom is 0.220 e. The molecular formula is C10H20ClNO. The largest absolute Gasteiger partial charge is 0.351 e.